The van der Waals surface area contributed by atoms with Gasteiger partial charge in [0.1, 0.15) is 17.4 Å². The third-order valence-corrected chi connectivity index (χ3v) is 3.74. The Bertz CT molecular complexity index is 511. The molecule has 0 N–H and O–H groups in total. The van der Waals surface area contributed by atoms with Crippen molar-refractivity contribution in [2.75, 3.05) is 0 Å². The average Bonchev–Trinajstić information content (AvgIpc) is 2.33. The van der Waals surface area contributed by atoms with Gasteiger partial charge in [-0.2, -0.15) is 0 Å². The van der Waals surface area contributed by atoms with Crippen molar-refractivity contribution in [3.63, 3.8) is 0 Å². The van der Waals surface area contributed by atoms with Gasteiger partial charge in [-0.05, 0) is 52.4 Å². The second kappa shape index (κ2) is 5.94. The lowest BCUT2D eigenvalue weighted by atomic mass is 10.2. The molecule has 0 bridgehead atoms. The summed E-state index contributed by atoms with van der Waals surface area (Å²) in [5.41, 5.74) is 1.10. The van der Waals surface area contributed by atoms with Crippen LogP contribution in [0.15, 0.2) is 42.5 Å². The lowest BCUT2D eigenvalue weighted by Gasteiger charge is -2.08. The third-order valence-electron chi connectivity index (χ3n) is 2.22. The smallest absolute Gasteiger partial charge is 0.139 e. The predicted molar refractivity (Wildman–Crippen MR) is 80.0 cm³/mol. The van der Waals surface area contributed by atoms with Crippen molar-refractivity contribution in [2.45, 2.75) is 6.61 Å². The summed E-state index contributed by atoms with van der Waals surface area (Å²) in [5.74, 6) is 0.609. The second-order valence-electron chi connectivity index (χ2n) is 3.47. The average molecular weight is 379 g/mol. The highest BCUT2D eigenvalue weighted by atomic mass is 127. The first-order valence-electron chi connectivity index (χ1n) is 4.98. The molecule has 0 atom stereocenters. The summed E-state index contributed by atoms with van der Waals surface area (Å²) in [6.07, 6.45) is 0. The molecule has 0 saturated heterocycles. The molecule has 2 rings (SSSR count). The Hall–Kier alpha value is -0.450. The maximum absolute atomic E-state index is 6.03. The van der Waals surface area contributed by atoms with Crippen molar-refractivity contribution in [3.05, 3.63) is 61.6 Å². The molecule has 0 aliphatic rings. The molecule has 0 unspecified atom stereocenters. The fraction of sp³-hybridized carbons (Fsp3) is 0.0769. The molecule has 88 valence electrons. The van der Waals surface area contributed by atoms with Gasteiger partial charge < -0.3 is 4.74 Å². The first-order valence-corrected chi connectivity index (χ1v) is 6.81. The molecule has 0 aromatic heterocycles. The number of hydrogen-bond acceptors (Lipinski definition) is 1. The lowest BCUT2D eigenvalue weighted by molar-refractivity contribution is 0.306. The number of hydrogen-bond donors (Lipinski definition) is 0. The molecule has 2 aromatic carbocycles. The van der Waals surface area contributed by atoms with E-state index in [1.807, 2.05) is 30.3 Å². The Balaban J connectivity index is 2.07. The van der Waals surface area contributed by atoms with Crippen LogP contribution in [-0.4, -0.2) is 0 Å². The normalized spacial score (nSPS) is 10.3. The summed E-state index contributed by atoms with van der Waals surface area (Å²) in [6, 6.07) is 13.5. The zero-order chi connectivity index (χ0) is 12.3. The Morgan fingerprint density at radius 2 is 1.71 bits per heavy atom. The summed E-state index contributed by atoms with van der Waals surface area (Å²) in [5, 5.41) is 0.964. The first kappa shape index (κ1) is 13.0. The van der Waals surface area contributed by atoms with Gasteiger partial charge >= 0.3 is 0 Å². The van der Waals surface area contributed by atoms with Crippen LogP contribution < -0.4 is 4.74 Å². The van der Waals surface area contributed by atoms with Crippen LogP contribution >= 0.6 is 45.8 Å². The minimum Gasteiger partial charge on any atom is -0.487 e. The minimum atomic E-state index is 0.458. The lowest BCUT2D eigenvalue weighted by Crippen LogP contribution is -1.95. The highest BCUT2D eigenvalue weighted by molar-refractivity contribution is 14.1. The Morgan fingerprint density at radius 3 is 2.41 bits per heavy atom. The first-order chi connectivity index (χ1) is 8.16. The summed E-state index contributed by atoms with van der Waals surface area (Å²) in [7, 11) is 0. The monoisotopic (exact) mass is 378 g/mol. The maximum atomic E-state index is 6.03. The van der Waals surface area contributed by atoms with Gasteiger partial charge in [0.05, 0.1) is 5.02 Å². The fourth-order valence-electron chi connectivity index (χ4n) is 1.34. The Kier molecular flexibility index (Phi) is 4.54. The third kappa shape index (κ3) is 3.50. The molecule has 0 aliphatic heterocycles. The number of rotatable bonds is 3. The van der Waals surface area contributed by atoms with E-state index in [4.69, 9.17) is 27.9 Å². The Morgan fingerprint density at radius 1 is 1.00 bits per heavy atom. The Labute approximate surface area is 124 Å². The van der Waals surface area contributed by atoms with Gasteiger partial charge in [-0.3, -0.25) is 0 Å². The molecule has 0 saturated carbocycles. The van der Waals surface area contributed by atoms with Crippen molar-refractivity contribution in [3.8, 4) is 5.75 Å². The summed E-state index contributed by atoms with van der Waals surface area (Å²) < 4.78 is 6.83. The van der Waals surface area contributed by atoms with Crippen molar-refractivity contribution < 1.29 is 4.74 Å². The summed E-state index contributed by atoms with van der Waals surface area (Å²) >= 11 is 14.2. The van der Waals surface area contributed by atoms with Crippen molar-refractivity contribution in [1.82, 2.24) is 0 Å². The standard InChI is InChI=1S/C13H9Cl2IO/c14-11-2-1-3-12(13(11)15)17-8-9-4-6-10(16)7-5-9/h1-7H,8H2. The molecule has 17 heavy (non-hydrogen) atoms. The molecule has 2 aromatic rings. The van der Waals surface area contributed by atoms with Crippen LogP contribution in [0.3, 0.4) is 0 Å². The van der Waals surface area contributed by atoms with Crippen LogP contribution in [0.5, 0.6) is 5.75 Å². The summed E-state index contributed by atoms with van der Waals surface area (Å²) in [4.78, 5) is 0. The molecule has 0 spiro atoms. The molecule has 0 aliphatic carbocycles. The minimum absolute atomic E-state index is 0.458. The zero-order valence-electron chi connectivity index (χ0n) is 8.79. The van der Waals surface area contributed by atoms with E-state index in [2.05, 4.69) is 22.6 Å². The highest BCUT2D eigenvalue weighted by Crippen LogP contribution is 2.31. The van der Waals surface area contributed by atoms with E-state index in [1.54, 1.807) is 12.1 Å². The van der Waals surface area contributed by atoms with Crippen LogP contribution in [0.25, 0.3) is 0 Å². The van der Waals surface area contributed by atoms with Gasteiger partial charge in [-0.25, -0.2) is 0 Å². The number of halogens is 3. The van der Waals surface area contributed by atoms with Crippen LogP contribution in [0, 0.1) is 3.57 Å². The maximum Gasteiger partial charge on any atom is 0.139 e. The molecule has 0 heterocycles. The molecule has 4 heteroatoms. The van der Waals surface area contributed by atoms with Crippen LogP contribution in [0.1, 0.15) is 5.56 Å². The second-order valence-corrected chi connectivity index (χ2v) is 5.50. The van der Waals surface area contributed by atoms with E-state index in [9.17, 15) is 0 Å². The van der Waals surface area contributed by atoms with Gasteiger partial charge in [0.15, 0.2) is 0 Å². The fourth-order valence-corrected chi connectivity index (χ4v) is 2.04. The van der Waals surface area contributed by atoms with E-state index < -0.39 is 0 Å². The molecule has 0 radical (unpaired) electrons. The quantitative estimate of drug-likeness (QED) is 0.669. The predicted octanol–water partition coefficient (Wildman–Crippen LogP) is 5.18. The highest BCUT2D eigenvalue weighted by Gasteiger charge is 2.05. The van der Waals surface area contributed by atoms with E-state index in [0.29, 0.717) is 22.4 Å². The molecular formula is C13H9Cl2IO. The SMILES string of the molecule is Clc1cccc(OCc2ccc(I)cc2)c1Cl. The number of benzene rings is 2. The van der Waals surface area contributed by atoms with Crippen LogP contribution in [0.2, 0.25) is 10.0 Å². The van der Waals surface area contributed by atoms with Crippen molar-refractivity contribution in [1.29, 1.82) is 0 Å². The van der Waals surface area contributed by atoms with Crippen LogP contribution in [-0.2, 0) is 6.61 Å². The molecular weight excluding hydrogens is 370 g/mol. The molecule has 0 amide bonds. The van der Waals surface area contributed by atoms with Gasteiger partial charge in [-0.1, -0.05) is 41.4 Å². The van der Waals surface area contributed by atoms with Crippen molar-refractivity contribution >= 4 is 45.8 Å². The van der Waals surface area contributed by atoms with Crippen molar-refractivity contribution in [2.24, 2.45) is 0 Å². The summed E-state index contributed by atoms with van der Waals surface area (Å²) in [6.45, 7) is 0.483. The van der Waals surface area contributed by atoms with Gasteiger partial charge in [0, 0.05) is 3.57 Å². The van der Waals surface area contributed by atoms with E-state index in [1.165, 1.54) is 3.57 Å². The number of ether oxygens (including phenoxy) is 1. The van der Waals surface area contributed by atoms with E-state index in [0.717, 1.165) is 5.56 Å². The molecule has 0 fully saturated rings. The largest absolute Gasteiger partial charge is 0.487 e. The molecule has 1 nitrogen and oxygen atoms in total. The zero-order valence-corrected chi connectivity index (χ0v) is 12.5. The van der Waals surface area contributed by atoms with Gasteiger partial charge in [-0.15, -0.1) is 0 Å². The topological polar surface area (TPSA) is 9.23 Å². The van der Waals surface area contributed by atoms with E-state index >= 15 is 0 Å². The van der Waals surface area contributed by atoms with E-state index in [-0.39, 0.29) is 0 Å². The van der Waals surface area contributed by atoms with Gasteiger partial charge in [0.2, 0.25) is 0 Å². The van der Waals surface area contributed by atoms with Gasteiger partial charge in [0.25, 0.3) is 0 Å². The van der Waals surface area contributed by atoms with Crippen LogP contribution in [0.4, 0.5) is 0 Å².